The predicted molar refractivity (Wildman–Crippen MR) is 71.3 cm³/mol. The fourth-order valence-corrected chi connectivity index (χ4v) is 3.12. The van der Waals surface area contributed by atoms with Crippen molar-refractivity contribution in [2.24, 2.45) is 5.92 Å². The summed E-state index contributed by atoms with van der Waals surface area (Å²) in [6.07, 6.45) is 5.19. The smallest absolute Gasteiger partial charge is 0.0509 e. The van der Waals surface area contributed by atoms with Crippen LogP contribution < -0.4 is 5.32 Å². The van der Waals surface area contributed by atoms with Gasteiger partial charge in [0, 0.05) is 25.2 Å². The molecule has 2 aliphatic heterocycles. The van der Waals surface area contributed by atoms with Crippen molar-refractivity contribution in [3.63, 3.8) is 0 Å². The Morgan fingerprint density at radius 1 is 1.41 bits per heavy atom. The molecule has 0 aromatic heterocycles. The van der Waals surface area contributed by atoms with Gasteiger partial charge < -0.3 is 10.1 Å². The predicted octanol–water partition coefficient (Wildman–Crippen LogP) is 1.88. The van der Waals surface area contributed by atoms with Crippen LogP contribution in [0.15, 0.2) is 0 Å². The second-order valence-corrected chi connectivity index (χ2v) is 5.65. The molecule has 0 aromatic carbocycles. The first-order chi connectivity index (χ1) is 8.31. The molecule has 1 N–H and O–H groups in total. The minimum absolute atomic E-state index is 0.698. The highest BCUT2D eigenvalue weighted by molar-refractivity contribution is 4.85. The van der Waals surface area contributed by atoms with E-state index in [0.717, 1.165) is 19.1 Å². The van der Waals surface area contributed by atoms with Crippen molar-refractivity contribution in [3.8, 4) is 0 Å². The minimum Gasteiger partial charge on any atom is -0.381 e. The Labute approximate surface area is 106 Å². The SMILES string of the molecule is CCCNC1CCCN(C(C)C2CCOC2)C1. The first-order valence-electron chi connectivity index (χ1n) is 7.36. The first-order valence-corrected chi connectivity index (χ1v) is 7.36. The number of rotatable bonds is 5. The molecule has 3 unspecified atom stereocenters. The van der Waals surface area contributed by atoms with Crippen LogP contribution in [0.4, 0.5) is 0 Å². The number of ether oxygens (including phenoxy) is 1. The molecule has 2 fully saturated rings. The largest absolute Gasteiger partial charge is 0.381 e. The monoisotopic (exact) mass is 240 g/mol. The number of hydrogen-bond acceptors (Lipinski definition) is 3. The van der Waals surface area contributed by atoms with Crippen LogP contribution in [0.3, 0.4) is 0 Å². The Morgan fingerprint density at radius 3 is 3.00 bits per heavy atom. The maximum Gasteiger partial charge on any atom is 0.0509 e. The molecule has 2 aliphatic rings. The van der Waals surface area contributed by atoms with E-state index in [0.29, 0.717) is 12.1 Å². The van der Waals surface area contributed by atoms with Gasteiger partial charge in [0.25, 0.3) is 0 Å². The van der Waals surface area contributed by atoms with Crippen LogP contribution in [-0.4, -0.2) is 49.8 Å². The number of likely N-dealkylation sites (tertiary alicyclic amines) is 1. The normalized spacial score (nSPS) is 32.8. The average Bonchev–Trinajstić information content (AvgIpc) is 2.89. The molecular formula is C14H28N2O. The second-order valence-electron chi connectivity index (χ2n) is 5.65. The third kappa shape index (κ3) is 3.67. The third-order valence-corrected chi connectivity index (χ3v) is 4.36. The summed E-state index contributed by atoms with van der Waals surface area (Å²) in [4.78, 5) is 2.68. The van der Waals surface area contributed by atoms with Gasteiger partial charge in [0.05, 0.1) is 6.61 Å². The molecule has 0 spiro atoms. The Balaban J connectivity index is 1.79. The van der Waals surface area contributed by atoms with Gasteiger partial charge in [-0.2, -0.15) is 0 Å². The van der Waals surface area contributed by atoms with E-state index < -0.39 is 0 Å². The highest BCUT2D eigenvalue weighted by Crippen LogP contribution is 2.23. The summed E-state index contributed by atoms with van der Waals surface area (Å²) < 4.78 is 5.52. The van der Waals surface area contributed by atoms with E-state index in [1.54, 1.807) is 0 Å². The molecule has 17 heavy (non-hydrogen) atoms. The molecule has 0 aliphatic carbocycles. The van der Waals surface area contributed by atoms with Crippen LogP contribution in [0.5, 0.6) is 0 Å². The summed E-state index contributed by atoms with van der Waals surface area (Å²) >= 11 is 0. The van der Waals surface area contributed by atoms with E-state index in [4.69, 9.17) is 4.74 Å². The molecule has 0 radical (unpaired) electrons. The highest BCUT2D eigenvalue weighted by atomic mass is 16.5. The van der Waals surface area contributed by atoms with Crippen molar-refractivity contribution in [2.75, 3.05) is 32.8 Å². The molecule has 0 bridgehead atoms. The molecule has 2 rings (SSSR count). The lowest BCUT2D eigenvalue weighted by Gasteiger charge is -2.39. The minimum atomic E-state index is 0.698. The van der Waals surface area contributed by atoms with Crippen molar-refractivity contribution >= 4 is 0 Å². The van der Waals surface area contributed by atoms with Crippen molar-refractivity contribution in [1.29, 1.82) is 0 Å². The van der Waals surface area contributed by atoms with E-state index in [2.05, 4.69) is 24.1 Å². The van der Waals surface area contributed by atoms with Crippen LogP contribution in [0.1, 0.15) is 39.5 Å². The fourth-order valence-electron chi connectivity index (χ4n) is 3.12. The van der Waals surface area contributed by atoms with Gasteiger partial charge in [-0.15, -0.1) is 0 Å². The number of nitrogens with one attached hydrogen (secondary N) is 1. The third-order valence-electron chi connectivity index (χ3n) is 4.36. The summed E-state index contributed by atoms with van der Waals surface area (Å²) in [5.74, 6) is 0.764. The van der Waals surface area contributed by atoms with E-state index in [9.17, 15) is 0 Å². The maximum absolute atomic E-state index is 5.52. The lowest BCUT2D eigenvalue weighted by atomic mass is 9.95. The van der Waals surface area contributed by atoms with E-state index in [1.807, 2.05) is 0 Å². The highest BCUT2D eigenvalue weighted by Gasteiger charge is 2.30. The Bertz CT molecular complexity index is 216. The first kappa shape index (κ1) is 13.3. The van der Waals surface area contributed by atoms with Gasteiger partial charge in [-0.3, -0.25) is 4.90 Å². The van der Waals surface area contributed by atoms with Gasteiger partial charge >= 0.3 is 0 Å². The van der Waals surface area contributed by atoms with Gasteiger partial charge in [-0.05, 0) is 51.6 Å². The van der Waals surface area contributed by atoms with Gasteiger partial charge in [-0.25, -0.2) is 0 Å². The molecule has 2 saturated heterocycles. The standard InChI is InChI=1S/C14H28N2O/c1-3-7-15-14-5-4-8-16(10-14)12(2)13-6-9-17-11-13/h12-15H,3-11H2,1-2H3. The number of piperidine rings is 1. The van der Waals surface area contributed by atoms with Crippen LogP contribution in [-0.2, 0) is 4.74 Å². The quantitative estimate of drug-likeness (QED) is 0.794. The summed E-state index contributed by atoms with van der Waals surface area (Å²) in [6, 6.07) is 1.41. The van der Waals surface area contributed by atoms with Gasteiger partial charge in [0.15, 0.2) is 0 Å². The molecule has 0 saturated carbocycles. The van der Waals surface area contributed by atoms with Crippen LogP contribution in [0, 0.1) is 5.92 Å². The Morgan fingerprint density at radius 2 is 2.29 bits per heavy atom. The van der Waals surface area contributed by atoms with E-state index in [-0.39, 0.29) is 0 Å². The zero-order valence-electron chi connectivity index (χ0n) is 11.5. The lowest BCUT2D eigenvalue weighted by Crippen LogP contribution is -2.51. The zero-order chi connectivity index (χ0) is 12.1. The molecule has 3 atom stereocenters. The lowest BCUT2D eigenvalue weighted by molar-refractivity contribution is 0.0964. The fraction of sp³-hybridized carbons (Fsp3) is 1.00. The topological polar surface area (TPSA) is 24.5 Å². The number of nitrogens with zero attached hydrogens (tertiary/aromatic N) is 1. The molecular weight excluding hydrogens is 212 g/mol. The summed E-state index contributed by atoms with van der Waals surface area (Å²) in [5.41, 5.74) is 0. The van der Waals surface area contributed by atoms with E-state index in [1.165, 1.54) is 45.3 Å². The van der Waals surface area contributed by atoms with Gasteiger partial charge in [-0.1, -0.05) is 6.92 Å². The van der Waals surface area contributed by atoms with Crippen molar-refractivity contribution in [1.82, 2.24) is 10.2 Å². The van der Waals surface area contributed by atoms with Crippen LogP contribution in [0.25, 0.3) is 0 Å². The summed E-state index contributed by atoms with van der Waals surface area (Å²) in [6.45, 7) is 10.3. The average molecular weight is 240 g/mol. The zero-order valence-corrected chi connectivity index (χ0v) is 11.5. The molecule has 3 nitrogen and oxygen atoms in total. The molecule has 100 valence electrons. The molecule has 3 heteroatoms. The molecule has 2 heterocycles. The van der Waals surface area contributed by atoms with E-state index >= 15 is 0 Å². The van der Waals surface area contributed by atoms with Crippen LogP contribution >= 0.6 is 0 Å². The van der Waals surface area contributed by atoms with Crippen molar-refractivity contribution in [3.05, 3.63) is 0 Å². The van der Waals surface area contributed by atoms with Crippen molar-refractivity contribution in [2.45, 2.75) is 51.6 Å². The Kier molecular flexibility index (Phi) is 5.26. The number of hydrogen-bond donors (Lipinski definition) is 1. The molecule has 0 aromatic rings. The van der Waals surface area contributed by atoms with Crippen LogP contribution in [0.2, 0.25) is 0 Å². The van der Waals surface area contributed by atoms with Gasteiger partial charge in [0.1, 0.15) is 0 Å². The molecule has 0 amide bonds. The van der Waals surface area contributed by atoms with Gasteiger partial charge in [0.2, 0.25) is 0 Å². The van der Waals surface area contributed by atoms with Crippen molar-refractivity contribution < 1.29 is 4.74 Å². The Hall–Kier alpha value is -0.120. The maximum atomic E-state index is 5.52. The second kappa shape index (κ2) is 6.72. The summed E-state index contributed by atoms with van der Waals surface area (Å²) in [5, 5.41) is 3.67. The summed E-state index contributed by atoms with van der Waals surface area (Å²) in [7, 11) is 0.